The lowest BCUT2D eigenvalue weighted by atomic mass is 10.2. The molecule has 0 radical (unpaired) electrons. The second kappa shape index (κ2) is 7.11. The van der Waals surface area contributed by atoms with Gasteiger partial charge in [-0.1, -0.05) is 30.3 Å². The van der Waals surface area contributed by atoms with Crippen LogP contribution >= 0.6 is 11.3 Å². The molecular weight excluding hydrogens is 318 g/mol. The van der Waals surface area contributed by atoms with Crippen LogP contribution < -0.4 is 5.32 Å². The molecule has 4 nitrogen and oxygen atoms in total. The maximum Gasteiger partial charge on any atom is 0.138 e. The third-order valence-electron chi connectivity index (χ3n) is 3.91. The van der Waals surface area contributed by atoms with E-state index in [0.717, 1.165) is 22.0 Å². The molecule has 0 saturated heterocycles. The van der Waals surface area contributed by atoms with Gasteiger partial charge in [-0.25, -0.2) is 4.98 Å². The summed E-state index contributed by atoms with van der Waals surface area (Å²) in [6.07, 6.45) is 0. The highest BCUT2D eigenvalue weighted by molar-refractivity contribution is 7.15. The fraction of sp³-hybridized carbons (Fsp3) is 0.263. The third kappa shape index (κ3) is 3.63. The molecule has 1 atom stereocenters. The van der Waals surface area contributed by atoms with Gasteiger partial charge >= 0.3 is 0 Å². The number of pyridine rings is 1. The number of nitrogens with one attached hydrogen (secondary N) is 1. The highest BCUT2D eigenvalue weighted by atomic mass is 32.1. The fourth-order valence-corrected chi connectivity index (χ4v) is 3.69. The highest BCUT2D eigenvalue weighted by Crippen LogP contribution is 2.31. The van der Waals surface area contributed by atoms with E-state index in [1.54, 1.807) is 17.4 Å². The summed E-state index contributed by atoms with van der Waals surface area (Å²) in [5, 5.41) is 14.4. The van der Waals surface area contributed by atoms with Crippen LogP contribution in [0.25, 0.3) is 10.6 Å². The zero-order valence-corrected chi connectivity index (χ0v) is 14.9. The van der Waals surface area contributed by atoms with Crippen molar-refractivity contribution in [2.45, 2.75) is 33.4 Å². The first-order valence-electron chi connectivity index (χ1n) is 7.96. The van der Waals surface area contributed by atoms with E-state index in [9.17, 15) is 5.11 Å². The Kier molecular flexibility index (Phi) is 4.92. The Bertz CT molecular complexity index is 830. The summed E-state index contributed by atoms with van der Waals surface area (Å²) in [6, 6.07) is 13.9. The van der Waals surface area contributed by atoms with Crippen LogP contribution in [-0.2, 0) is 6.54 Å². The number of hydrogen-bond acceptors (Lipinski definition) is 5. The van der Waals surface area contributed by atoms with Crippen molar-refractivity contribution in [1.82, 2.24) is 15.3 Å². The van der Waals surface area contributed by atoms with Gasteiger partial charge in [0.25, 0.3) is 0 Å². The smallest absolute Gasteiger partial charge is 0.138 e. The molecule has 0 fully saturated rings. The molecule has 0 aliphatic carbocycles. The molecule has 3 rings (SSSR count). The van der Waals surface area contributed by atoms with Crippen molar-refractivity contribution in [3.8, 4) is 16.3 Å². The highest BCUT2D eigenvalue weighted by Gasteiger charge is 2.15. The number of aromatic hydroxyl groups is 1. The second-order valence-corrected chi connectivity index (χ2v) is 6.89. The van der Waals surface area contributed by atoms with Gasteiger partial charge in [0.2, 0.25) is 0 Å². The van der Waals surface area contributed by atoms with Crippen LogP contribution in [0.5, 0.6) is 5.75 Å². The molecular formula is C19H21N3OS. The maximum absolute atomic E-state index is 9.91. The van der Waals surface area contributed by atoms with E-state index in [2.05, 4.69) is 29.4 Å². The SMILES string of the molecule is Cc1ccc(O)c(CNC(C)c2sc(-c3ccccc3)nc2C)n1. The molecule has 24 heavy (non-hydrogen) atoms. The van der Waals surface area contributed by atoms with E-state index in [0.29, 0.717) is 12.2 Å². The summed E-state index contributed by atoms with van der Waals surface area (Å²) in [5.41, 5.74) is 3.76. The van der Waals surface area contributed by atoms with Gasteiger partial charge < -0.3 is 10.4 Å². The van der Waals surface area contributed by atoms with Crippen LogP contribution in [0.4, 0.5) is 0 Å². The summed E-state index contributed by atoms with van der Waals surface area (Å²) < 4.78 is 0. The lowest BCUT2D eigenvalue weighted by Gasteiger charge is -2.13. The van der Waals surface area contributed by atoms with Crippen LogP contribution in [0.3, 0.4) is 0 Å². The topological polar surface area (TPSA) is 58.0 Å². The molecule has 0 saturated carbocycles. The van der Waals surface area contributed by atoms with Crippen molar-refractivity contribution in [3.05, 3.63) is 64.4 Å². The summed E-state index contributed by atoms with van der Waals surface area (Å²) in [5.74, 6) is 0.228. The van der Waals surface area contributed by atoms with Crippen molar-refractivity contribution in [3.63, 3.8) is 0 Å². The molecule has 2 heterocycles. The third-order valence-corrected chi connectivity index (χ3v) is 5.30. The van der Waals surface area contributed by atoms with Crippen LogP contribution in [-0.4, -0.2) is 15.1 Å². The van der Waals surface area contributed by atoms with E-state index in [1.165, 1.54) is 4.88 Å². The van der Waals surface area contributed by atoms with E-state index >= 15 is 0 Å². The van der Waals surface area contributed by atoms with E-state index in [1.807, 2.05) is 38.1 Å². The van der Waals surface area contributed by atoms with Crippen molar-refractivity contribution in [2.24, 2.45) is 0 Å². The average molecular weight is 339 g/mol. The standard InChI is InChI=1S/C19H21N3OS/c1-12-9-10-17(23)16(21-12)11-20-13(2)18-14(3)22-19(24-18)15-7-5-4-6-8-15/h4-10,13,20,23H,11H2,1-3H3. The van der Waals surface area contributed by atoms with Crippen molar-refractivity contribution in [1.29, 1.82) is 0 Å². The molecule has 1 aromatic carbocycles. The van der Waals surface area contributed by atoms with Crippen molar-refractivity contribution >= 4 is 11.3 Å². The number of nitrogens with zero attached hydrogens (tertiary/aromatic N) is 2. The van der Waals surface area contributed by atoms with Gasteiger partial charge in [0, 0.05) is 28.7 Å². The predicted octanol–water partition coefficient (Wildman–Crippen LogP) is 4.38. The molecule has 1 unspecified atom stereocenters. The Morgan fingerprint density at radius 3 is 2.58 bits per heavy atom. The van der Waals surface area contributed by atoms with E-state index < -0.39 is 0 Å². The van der Waals surface area contributed by atoms with Gasteiger partial charge in [0.15, 0.2) is 0 Å². The molecule has 0 spiro atoms. The zero-order chi connectivity index (χ0) is 17.1. The minimum Gasteiger partial charge on any atom is -0.506 e. The van der Waals surface area contributed by atoms with Crippen LogP contribution in [0.1, 0.15) is 34.9 Å². The molecule has 5 heteroatoms. The lowest BCUT2D eigenvalue weighted by molar-refractivity contribution is 0.454. The second-order valence-electron chi connectivity index (χ2n) is 5.86. The van der Waals surface area contributed by atoms with Crippen LogP contribution in [0.15, 0.2) is 42.5 Å². The monoisotopic (exact) mass is 339 g/mol. The Hall–Kier alpha value is -2.24. The Balaban J connectivity index is 1.75. The summed E-state index contributed by atoms with van der Waals surface area (Å²) in [6.45, 7) is 6.60. The first kappa shape index (κ1) is 16.6. The number of hydrogen-bond donors (Lipinski definition) is 2. The average Bonchev–Trinajstić information content (AvgIpc) is 2.98. The summed E-state index contributed by atoms with van der Waals surface area (Å²) in [7, 11) is 0. The number of aryl methyl sites for hydroxylation is 2. The molecule has 2 N–H and O–H groups in total. The summed E-state index contributed by atoms with van der Waals surface area (Å²) in [4.78, 5) is 10.3. The number of aromatic nitrogens is 2. The van der Waals surface area contributed by atoms with Gasteiger partial charge in [0.1, 0.15) is 10.8 Å². The van der Waals surface area contributed by atoms with E-state index in [-0.39, 0.29) is 11.8 Å². The quantitative estimate of drug-likeness (QED) is 0.724. The number of rotatable bonds is 5. The molecule has 0 bridgehead atoms. The Morgan fingerprint density at radius 1 is 1.08 bits per heavy atom. The Morgan fingerprint density at radius 2 is 1.83 bits per heavy atom. The lowest BCUT2D eigenvalue weighted by Crippen LogP contribution is -2.18. The fourth-order valence-electron chi connectivity index (χ4n) is 2.59. The van der Waals surface area contributed by atoms with Gasteiger partial charge in [-0.15, -0.1) is 11.3 Å². The minimum atomic E-state index is 0.140. The van der Waals surface area contributed by atoms with Gasteiger partial charge in [-0.05, 0) is 32.9 Å². The van der Waals surface area contributed by atoms with Crippen molar-refractivity contribution < 1.29 is 5.11 Å². The van der Waals surface area contributed by atoms with Gasteiger partial charge in [-0.3, -0.25) is 4.98 Å². The molecule has 0 amide bonds. The van der Waals surface area contributed by atoms with Crippen molar-refractivity contribution in [2.75, 3.05) is 0 Å². The molecule has 2 aromatic heterocycles. The zero-order valence-electron chi connectivity index (χ0n) is 14.1. The largest absolute Gasteiger partial charge is 0.506 e. The van der Waals surface area contributed by atoms with Gasteiger partial charge in [-0.2, -0.15) is 0 Å². The first-order valence-corrected chi connectivity index (χ1v) is 8.78. The molecule has 124 valence electrons. The van der Waals surface area contributed by atoms with Gasteiger partial charge in [0.05, 0.1) is 11.4 Å². The van der Waals surface area contributed by atoms with E-state index in [4.69, 9.17) is 4.98 Å². The molecule has 0 aliphatic rings. The number of benzene rings is 1. The van der Waals surface area contributed by atoms with Crippen LogP contribution in [0.2, 0.25) is 0 Å². The molecule has 0 aliphatic heterocycles. The first-order chi connectivity index (χ1) is 11.5. The predicted molar refractivity (Wildman–Crippen MR) is 98.2 cm³/mol. The maximum atomic E-state index is 9.91. The number of thiazole rings is 1. The summed E-state index contributed by atoms with van der Waals surface area (Å²) >= 11 is 1.71. The minimum absolute atomic E-state index is 0.140. The van der Waals surface area contributed by atoms with Crippen LogP contribution in [0, 0.1) is 13.8 Å². The molecule has 3 aromatic rings. The Labute approximate surface area is 146 Å². The normalized spacial score (nSPS) is 12.3.